The highest BCUT2D eigenvalue weighted by Crippen LogP contribution is 2.24. The maximum Gasteiger partial charge on any atom is 0.0615 e. The third-order valence-corrected chi connectivity index (χ3v) is 4.17. The van der Waals surface area contributed by atoms with E-state index >= 15 is 0 Å². The zero-order valence-electron chi connectivity index (χ0n) is 9.42. The minimum Gasteiger partial charge on any atom is -0.383 e. The largest absolute Gasteiger partial charge is 0.383 e. The van der Waals surface area contributed by atoms with Crippen LogP contribution in [0.2, 0.25) is 0 Å². The second kappa shape index (κ2) is 7.55. The summed E-state index contributed by atoms with van der Waals surface area (Å²) in [5, 5.41) is 4.44. The van der Waals surface area contributed by atoms with Crippen molar-refractivity contribution in [2.75, 3.05) is 26.0 Å². The van der Waals surface area contributed by atoms with Crippen molar-refractivity contribution in [3.8, 4) is 0 Å². The van der Waals surface area contributed by atoms with E-state index in [0.717, 1.165) is 24.8 Å². The van der Waals surface area contributed by atoms with E-state index in [1.807, 2.05) is 0 Å². The highest BCUT2D eigenvalue weighted by Gasteiger charge is 2.15. The van der Waals surface area contributed by atoms with Crippen LogP contribution < -0.4 is 5.32 Å². The molecule has 1 rings (SSSR count). The van der Waals surface area contributed by atoms with E-state index in [1.54, 1.807) is 7.11 Å². The van der Waals surface area contributed by atoms with Gasteiger partial charge in [0, 0.05) is 24.9 Å². The molecule has 0 amide bonds. The van der Waals surface area contributed by atoms with Crippen molar-refractivity contribution in [1.29, 1.82) is 0 Å². The molecule has 1 heterocycles. The van der Waals surface area contributed by atoms with Crippen LogP contribution in [0.3, 0.4) is 0 Å². The Morgan fingerprint density at radius 2 is 2.36 bits per heavy atom. The summed E-state index contributed by atoms with van der Waals surface area (Å²) in [6.45, 7) is 4.21. The maximum atomic E-state index is 5.17. The topological polar surface area (TPSA) is 21.3 Å². The number of methoxy groups -OCH3 is 1. The minimum atomic E-state index is 0.544. The highest BCUT2D eigenvalue weighted by atomic mass is 32.2. The molecule has 0 aromatic rings. The lowest BCUT2D eigenvalue weighted by Gasteiger charge is -2.24. The first-order valence-electron chi connectivity index (χ1n) is 5.70. The molecule has 0 aromatic heterocycles. The molecule has 1 N–H and O–H groups in total. The van der Waals surface area contributed by atoms with E-state index in [-0.39, 0.29) is 0 Å². The standard InChI is InChI=1S/C11H23NOS/c1-3-10(9-13-2)12-8-11-6-4-5-7-14-11/h10-12H,3-9H2,1-2H3. The average molecular weight is 217 g/mol. The summed E-state index contributed by atoms with van der Waals surface area (Å²) in [6, 6.07) is 0.544. The van der Waals surface area contributed by atoms with Gasteiger partial charge >= 0.3 is 0 Å². The molecule has 0 bridgehead atoms. The summed E-state index contributed by atoms with van der Waals surface area (Å²) in [7, 11) is 1.78. The number of hydrogen-bond acceptors (Lipinski definition) is 3. The second-order valence-corrected chi connectivity index (χ2v) is 5.37. The minimum absolute atomic E-state index is 0.544. The van der Waals surface area contributed by atoms with Gasteiger partial charge in [-0.05, 0) is 25.0 Å². The highest BCUT2D eigenvalue weighted by molar-refractivity contribution is 7.99. The van der Waals surface area contributed by atoms with E-state index in [9.17, 15) is 0 Å². The Morgan fingerprint density at radius 3 is 2.93 bits per heavy atom. The Labute approximate surface area is 92.2 Å². The van der Waals surface area contributed by atoms with Crippen LogP contribution in [-0.4, -0.2) is 37.3 Å². The summed E-state index contributed by atoms with van der Waals surface area (Å²) in [6.07, 6.45) is 5.38. The molecule has 3 heteroatoms. The van der Waals surface area contributed by atoms with Gasteiger partial charge in [0.05, 0.1) is 6.61 Å². The predicted octanol–water partition coefficient (Wildman–Crippen LogP) is 2.29. The predicted molar refractivity (Wildman–Crippen MR) is 64.1 cm³/mol. The maximum absolute atomic E-state index is 5.17. The van der Waals surface area contributed by atoms with Gasteiger partial charge in [-0.1, -0.05) is 13.3 Å². The molecule has 1 fully saturated rings. The Bertz CT molecular complexity index is 132. The zero-order valence-corrected chi connectivity index (χ0v) is 10.2. The second-order valence-electron chi connectivity index (χ2n) is 3.96. The fourth-order valence-corrected chi connectivity index (χ4v) is 3.04. The lowest BCUT2D eigenvalue weighted by Crippen LogP contribution is -2.37. The number of ether oxygens (including phenoxy) is 1. The van der Waals surface area contributed by atoms with Gasteiger partial charge in [-0.15, -0.1) is 0 Å². The first kappa shape index (κ1) is 12.3. The van der Waals surface area contributed by atoms with Crippen LogP contribution in [0.5, 0.6) is 0 Å². The van der Waals surface area contributed by atoms with Gasteiger partial charge < -0.3 is 10.1 Å². The van der Waals surface area contributed by atoms with Crippen molar-refractivity contribution < 1.29 is 4.74 Å². The van der Waals surface area contributed by atoms with Crippen molar-refractivity contribution in [3.05, 3.63) is 0 Å². The third-order valence-electron chi connectivity index (χ3n) is 2.77. The lowest BCUT2D eigenvalue weighted by atomic mass is 10.1. The van der Waals surface area contributed by atoms with Crippen LogP contribution in [0.4, 0.5) is 0 Å². The molecule has 14 heavy (non-hydrogen) atoms. The summed E-state index contributed by atoms with van der Waals surface area (Å²) in [5.74, 6) is 1.35. The molecule has 1 aliphatic rings. The summed E-state index contributed by atoms with van der Waals surface area (Å²) in [5.41, 5.74) is 0. The lowest BCUT2D eigenvalue weighted by molar-refractivity contribution is 0.164. The number of thioether (sulfide) groups is 1. The van der Waals surface area contributed by atoms with Crippen molar-refractivity contribution in [3.63, 3.8) is 0 Å². The Morgan fingerprint density at radius 1 is 1.50 bits per heavy atom. The molecule has 1 aliphatic heterocycles. The molecule has 0 spiro atoms. The zero-order chi connectivity index (χ0) is 10.2. The van der Waals surface area contributed by atoms with Crippen LogP contribution >= 0.6 is 11.8 Å². The summed E-state index contributed by atoms with van der Waals surface area (Å²) < 4.78 is 5.17. The van der Waals surface area contributed by atoms with Crippen molar-refractivity contribution in [2.45, 2.75) is 43.9 Å². The number of rotatable bonds is 6. The van der Waals surface area contributed by atoms with Crippen LogP contribution in [0.25, 0.3) is 0 Å². The number of hydrogen-bond donors (Lipinski definition) is 1. The number of nitrogens with one attached hydrogen (secondary N) is 1. The third kappa shape index (κ3) is 4.67. The molecule has 0 aromatic carbocycles. The molecule has 0 radical (unpaired) electrons. The van der Waals surface area contributed by atoms with E-state index < -0.39 is 0 Å². The van der Waals surface area contributed by atoms with E-state index in [0.29, 0.717) is 6.04 Å². The first-order chi connectivity index (χ1) is 6.86. The molecule has 1 saturated heterocycles. The monoisotopic (exact) mass is 217 g/mol. The molecule has 2 unspecified atom stereocenters. The van der Waals surface area contributed by atoms with Gasteiger partial charge in [-0.25, -0.2) is 0 Å². The summed E-state index contributed by atoms with van der Waals surface area (Å²) >= 11 is 2.13. The normalized spacial score (nSPS) is 24.9. The van der Waals surface area contributed by atoms with Crippen LogP contribution in [-0.2, 0) is 4.74 Å². The van der Waals surface area contributed by atoms with Crippen LogP contribution in [0.15, 0.2) is 0 Å². The SMILES string of the molecule is CCC(COC)NCC1CCCCS1. The van der Waals surface area contributed by atoms with Gasteiger partial charge in [-0.2, -0.15) is 11.8 Å². The van der Waals surface area contributed by atoms with Crippen LogP contribution in [0, 0.1) is 0 Å². The molecule has 2 atom stereocenters. The first-order valence-corrected chi connectivity index (χ1v) is 6.75. The van der Waals surface area contributed by atoms with Gasteiger partial charge in [0.25, 0.3) is 0 Å². The Balaban J connectivity index is 2.10. The van der Waals surface area contributed by atoms with Gasteiger partial charge in [0.1, 0.15) is 0 Å². The smallest absolute Gasteiger partial charge is 0.0615 e. The van der Waals surface area contributed by atoms with E-state index in [2.05, 4.69) is 24.0 Å². The quantitative estimate of drug-likeness (QED) is 0.737. The summed E-state index contributed by atoms with van der Waals surface area (Å²) in [4.78, 5) is 0. The van der Waals surface area contributed by atoms with E-state index in [1.165, 1.54) is 25.0 Å². The Kier molecular flexibility index (Phi) is 6.65. The molecular weight excluding hydrogens is 194 g/mol. The van der Waals surface area contributed by atoms with E-state index in [4.69, 9.17) is 4.74 Å². The van der Waals surface area contributed by atoms with Crippen LogP contribution in [0.1, 0.15) is 32.6 Å². The van der Waals surface area contributed by atoms with Crippen molar-refractivity contribution in [2.24, 2.45) is 0 Å². The molecule has 0 saturated carbocycles. The average Bonchev–Trinajstić information content (AvgIpc) is 2.25. The fourth-order valence-electron chi connectivity index (χ4n) is 1.79. The Hall–Kier alpha value is 0.270. The molecule has 0 aliphatic carbocycles. The fraction of sp³-hybridized carbons (Fsp3) is 1.00. The molecule has 2 nitrogen and oxygen atoms in total. The van der Waals surface area contributed by atoms with Gasteiger partial charge in [-0.3, -0.25) is 0 Å². The van der Waals surface area contributed by atoms with Crippen molar-refractivity contribution >= 4 is 11.8 Å². The van der Waals surface area contributed by atoms with Gasteiger partial charge in [0.15, 0.2) is 0 Å². The molecule has 84 valence electrons. The van der Waals surface area contributed by atoms with Crippen molar-refractivity contribution in [1.82, 2.24) is 5.32 Å². The molecular formula is C11H23NOS. The van der Waals surface area contributed by atoms with Gasteiger partial charge in [0.2, 0.25) is 0 Å².